The van der Waals surface area contributed by atoms with E-state index in [1.165, 1.54) is 0 Å². The van der Waals surface area contributed by atoms with Crippen LogP contribution in [0.1, 0.15) is 44.8 Å². The van der Waals surface area contributed by atoms with Crippen molar-refractivity contribution in [3.8, 4) is 5.75 Å². The SMILES string of the molecule is CCCC(Oc1ccc(C(O)CC)cc1)C(=O)O. The van der Waals surface area contributed by atoms with Crippen molar-refractivity contribution in [3.05, 3.63) is 29.8 Å². The van der Waals surface area contributed by atoms with E-state index in [1.54, 1.807) is 24.3 Å². The van der Waals surface area contributed by atoms with Crippen molar-refractivity contribution in [2.45, 2.75) is 45.3 Å². The van der Waals surface area contributed by atoms with Gasteiger partial charge in [-0.1, -0.05) is 32.4 Å². The van der Waals surface area contributed by atoms with Gasteiger partial charge >= 0.3 is 5.97 Å². The van der Waals surface area contributed by atoms with Crippen LogP contribution in [0.4, 0.5) is 0 Å². The van der Waals surface area contributed by atoms with E-state index in [-0.39, 0.29) is 0 Å². The number of aliphatic hydroxyl groups is 1. The van der Waals surface area contributed by atoms with Gasteiger partial charge in [0.15, 0.2) is 6.10 Å². The molecular weight excluding hydrogens is 232 g/mol. The molecule has 100 valence electrons. The van der Waals surface area contributed by atoms with E-state index < -0.39 is 18.2 Å². The second-order valence-electron chi connectivity index (χ2n) is 4.23. The van der Waals surface area contributed by atoms with Crippen molar-refractivity contribution in [2.75, 3.05) is 0 Å². The van der Waals surface area contributed by atoms with Gasteiger partial charge in [-0.25, -0.2) is 4.79 Å². The topological polar surface area (TPSA) is 66.8 Å². The summed E-state index contributed by atoms with van der Waals surface area (Å²) >= 11 is 0. The van der Waals surface area contributed by atoms with Crippen LogP contribution in [0.5, 0.6) is 5.75 Å². The van der Waals surface area contributed by atoms with Crippen molar-refractivity contribution < 1.29 is 19.7 Å². The van der Waals surface area contributed by atoms with Crippen LogP contribution in [-0.2, 0) is 4.79 Å². The minimum atomic E-state index is -0.950. The average Bonchev–Trinajstić information content (AvgIpc) is 2.38. The van der Waals surface area contributed by atoms with Gasteiger partial charge in [-0.15, -0.1) is 0 Å². The maximum Gasteiger partial charge on any atom is 0.344 e. The second-order valence-corrected chi connectivity index (χ2v) is 4.23. The van der Waals surface area contributed by atoms with Gasteiger partial charge in [-0.3, -0.25) is 0 Å². The maximum absolute atomic E-state index is 11.0. The zero-order valence-corrected chi connectivity index (χ0v) is 10.8. The number of ether oxygens (including phenoxy) is 1. The van der Waals surface area contributed by atoms with Gasteiger partial charge in [0, 0.05) is 0 Å². The summed E-state index contributed by atoms with van der Waals surface area (Å²) in [7, 11) is 0. The molecule has 0 fully saturated rings. The molecule has 4 nitrogen and oxygen atoms in total. The van der Waals surface area contributed by atoms with Gasteiger partial charge in [0.25, 0.3) is 0 Å². The highest BCUT2D eigenvalue weighted by Crippen LogP contribution is 2.21. The van der Waals surface area contributed by atoms with E-state index in [0.29, 0.717) is 18.6 Å². The van der Waals surface area contributed by atoms with Crippen molar-refractivity contribution in [2.24, 2.45) is 0 Å². The van der Waals surface area contributed by atoms with Gasteiger partial charge in [-0.2, -0.15) is 0 Å². The Morgan fingerprint density at radius 1 is 1.28 bits per heavy atom. The standard InChI is InChI=1S/C14H20O4/c1-3-5-13(14(16)17)18-11-8-6-10(7-9-11)12(15)4-2/h6-9,12-13,15H,3-5H2,1-2H3,(H,16,17). The Bertz CT molecular complexity index is 372. The lowest BCUT2D eigenvalue weighted by molar-refractivity contribution is -0.145. The van der Waals surface area contributed by atoms with Gasteiger partial charge in [0.1, 0.15) is 5.75 Å². The molecule has 1 aromatic carbocycles. The first-order valence-corrected chi connectivity index (χ1v) is 6.26. The lowest BCUT2D eigenvalue weighted by Gasteiger charge is -2.15. The monoisotopic (exact) mass is 252 g/mol. The average molecular weight is 252 g/mol. The van der Waals surface area contributed by atoms with E-state index in [0.717, 1.165) is 12.0 Å². The third-order valence-corrected chi connectivity index (χ3v) is 2.76. The first-order valence-electron chi connectivity index (χ1n) is 6.26. The second kappa shape index (κ2) is 7.01. The Balaban J connectivity index is 2.70. The molecule has 0 aliphatic heterocycles. The van der Waals surface area contributed by atoms with Crippen LogP contribution in [0.25, 0.3) is 0 Å². The van der Waals surface area contributed by atoms with Crippen molar-refractivity contribution in [1.29, 1.82) is 0 Å². The van der Waals surface area contributed by atoms with E-state index in [2.05, 4.69) is 0 Å². The van der Waals surface area contributed by atoms with Crippen molar-refractivity contribution >= 4 is 5.97 Å². The summed E-state index contributed by atoms with van der Waals surface area (Å²) in [6, 6.07) is 6.91. The highest BCUT2D eigenvalue weighted by Gasteiger charge is 2.18. The highest BCUT2D eigenvalue weighted by molar-refractivity contribution is 5.72. The molecule has 1 aromatic rings. The molecule has 2 atom stereocenters. The zero-order chi connectivity index (χ0) is 13.5. The van der Waals surface area contributed by atoms with E-state index in [1.807, 2.05) is 13.8 Å². The first-order chi connectivity index (χ1) is 8.58. The number of carboxylic acids is 1. The number of aliphatic hydroxyl groups excluding tert-OH is 1. The van der Waals surface area contributed by atoms with E-state index in [9.17, 15) is 9.90 Å². The number of hydrogen-bond donors (Lipinski definition) is 2. The quantitative estimate of drug-likeness (QED) is 0.783. The van der Waals surface area contributed by atoms with Crippen LogP contribution in [0.2, 0.25) is 0 Å². The molecular formula is C14H20O4. The predicted octanol–water partition coefficient (Wildman–Crippen LogP) is 2.76. The van der Waals surface area contributed by atoms with Crippen molar-refractivity contribution in [1.82, 2.24) is 0 Å². The molecule has 0 radical (unpaired) electrons. The Morgan fingerprint density at radius 2 is 1.89 bits per heavy atom. The molecule has 2 N–H and O–H groups in total. The molecule has 2 unspecified atom stereocenters. The largest absolute Gasteiger partial charge is 0.479 e. The minimum absolute atomic E-state index is 0.481. The summed E-state index contributed by atoms with van der Waals surface area (Å²) in [5.41, 5.74) is 0.812. The predicted molar refractivity (Wildman–Crippen MR) is 68.7 cm³/mol. The summed E-state index contributed by atoms with van der Waals surface area (Å²) in [6.07, 6.45) is 0.591. The molecule has 0 aliphatic carbocycles. The first kappa shape index (κ1) is 14.5. The third-order valence-electron chi connectivity index (χ3n) is 2.76. The van der Waals surface area contributed by atoms with Gasteiger partial charge in [0.05, 0.1) is 6.10 Å². The molecule has 1 rings (SSSR count). The Hall–Kier alpha value is -1.55. The van der Waals surface area contributed by atoms with Gasteiger partial charge < -0.3 is 14.9 Å². The van der Waals surface area contributed by atoms with Crippen LogP contribution in [0.15, 0.2) is 24.3 Å². The molecule has 0 bridgehead atoms. The summed E-state index contributed by atoms with van der Waals surface area (Å²) < 4.78 is 5.40. The molecule has 0 spiro atoms. The molecule has 0 heterocycles. The smallest absolute Gasteiger partial charge is 0.344 e. The number of rotatable bonds is 7. The molecule has 0 saturated carbocycles. The van der Waals surface area contributed by atoms with E-state index in [4.69, 9.17) is 9.84 Å². The summed E-state index contributed by atoms with van der Waals surface area (Å²) in [5, 5.41) is 18.6. The molecule has 4 heteroatoms. The fourth-order valence-electron chi connectivity index (χ4n) is 1.66. The summed E-state index contributed by atoms with van der Waals surface area (Å²) in [5.74, 6) is -0.433. The third kappa shape index (κ3) is 4.04. The van der Waals surface area contributed by atoms with E-state index >= 15 is 0 Å². The van der Waals surface area contributed by atoms with Crippen LogP contribution in [-0.4, -0.2) is 22.3 Å². The zero-order valence-electron chi connectivity index (χ0n) is 10.8. The number of carboxylic acid groups (broad SMARTS) is 1. The summed E-state index contributed by atoms with van der Waals surface area (Å²) in [4.78, 5) is 11.0. The Morgan fingerprint density at radius 3 is 2.33 bits per heavy atom. The number of hydrogen-bond acceptors (Lipinski definition) is 3. The lowest BCUT2D eigenvalue weighted by Crippen LogP contribution is -2.26. The molecule has 18 heavy (non-hydrogen) atoms. The molecule has 0 amide bonds. The van der Waals surface area contributed by atoms with Crippen LogP contribution >= 0.6 is 0 Å². The minimum Gasteiger partial charge on any atom is -0.479 e. The highest BCUT2D eigenvalue weighted by atomic mass is 16.5. The number of carbonyl (C=O) groups is 1. The number of benzene rings is 1. The van der Waals surface area contributed by atoms with Gasteiger partial charge in [0.2, 0.25) is 0 Å². The van der Waals surface area contributed by atoms with Crippen LogP contribution in [0.3, 0.4) is 0 Å². The Kier molecular flexibility index (Phi) is 5.65. The van der Waals surface area contributed by atoms with Gasteiger partial charge in [-0.05, 0) is 30.5 Å². The summed E-state index contributed by atoms with van der Waals surface area (Å²) in [6.45, 7) is 3.82. The normalized spacial score (nSPS) is 13.9. The lowest BCUT2D eigenvalue weighted by atomic mass is 10.1. The van der Waals surface area contributed by atoms with Crippen LogP contribution in [0, 0.1) is 0 Å². The van der Waals surface area contributed by atoms with Crippen LogP contribution < -0.4 is 4.74 Å². The maximum atomic E-state index is 11.0. The molecule has 0 saturated heterocycles. The van der Waals surface area contributed by atoms with Crippen molar-refractivity contribution in [3.63, 3.8) is 0 Å². The fraction of sp³-hybridized carbons (Fsp3) is 0.500. The molecule has 0 aliphatic rings. The molecule has 0 aromatic heterocycles. The Labute approximate surface area is 107 Å². The number of aliphatic carboxylic acids is 1. The fourth-order valence-corrected chi connectivity index (χ4v) is 1.66.